The molecule has 1 aromatic carbocycles. The van der Waals surface area contributed by atoms with Crippen LogP contribution in [0.5, 0.6) is 11.6 Å². The Labute approximate surface area is 116 Å². The van der Waals surface area contributed by atoms with Crippen molar-refractivity contribution in [1.29, 1.82) is 0 Å². The summed E-state index contributed by atoms with van der Waals surface area (Å²) in [4.78, 5) is 7.97. The van der Waals surface area contributed by atoms with E-state index >= 15 is 0 Å². The summed E-state index contributed by atoms with van der Waals surface area (Å²) in [6, 6.07) is 4.96. The Morgan fingerprint density at radius 1 is 1.26 bits per heavy atom. The van der Waals surface area contributed by atoms with Gasteiger partial charge >= 0.3 is 0 Å². The van der Waals surface area contributed by atoms with Crippen molar-refractivity contribution in [2.75, 3.05) is 0 Å². The van der Waals surface area contributed by atoms with Crippen molar-refractivity contribution >= 4 is 11.6 Å². The van der Waals surface area contributed by atoms with Crippen molar-refractivity contribution in [3.8, 4) is 11.6 Å². The van der Waals surface area contributed by atoms with E-state index in [0.717, 1.165) is 0 Å². The van der Waals surface area contributed by atoms with Crippen LogP contribution in [0, 0.1) is 12.7 Å². The highest BCUT2D eigenvalue weighted by atomic mass is 35.5. The average Bonchev–Trinajstić information content (AvgIpc) is 2.34. The van der Waals surface area contributed by atoms with E-state index < -0.39 is 5.82 Å². The molecule has 0 aliphatic heterocycles. The van der Waals surface area contributed by atoms with Gasteiger partial charge in [0.1, 0.15) is 11.5 Å². The fourth-order valence-electron chi connectivity index (χ4n) is 1.73. The van der Waals surface area contributed by atoms with E-state index in [2.05, 4.69) is 9.97 Å². The number of rotatable bonds is 3. The molecule has 2 rings (SSSR count). The first-order valence-corrected chi connectivity index (χ1v) is 6.32. The number of aryl methyl sites for hydroxylation is 1. The zero-order valence-electron chi connectivity index (χ0n) is 10.9. The van der Waals surface area contributed by atoms with Crippen LogP contribution in [0.4, 0.5) is 4.39 Å². The van der Waals surface area contributed by atoms with Crippen molar-refractivity contribution in [1.82, 2.24) is 9.97 Å². The number of hydrogen-bond donors (Lipinski definition) is 0. The van der Waals surface area contributed by atoms with Gasteiger partial charge in [-0.25, -0.2) is 14.4 Å². The molecule has 0 spiro atoms. The second-order valence-corrected chi connectivity index (χ2v) is 4.89. The van der Waals surface area contributed by atoms with Crippen molar-refractivity contribution in [2.24, 2.45) is 0 Å². The van der Waals surface area contributed by atoms with Crippen LogP contribution < -0.4 is 4.74 Å². The molecule has 0 saturated heterocycles. The van der Waals surface area contributed by atoms with Gasteiger partial charge in [-0.05, 0) is 24.5 Å². The molecule has 0 amide bonds. The fourth-order valence-corrected chi connectivity index (χ4v) is 2.07. The van der Waals surface area contributed by atoms with Crippen LogP contribution in [0.1, 0.15) is 30.9 Å². The molecule has 0 saturated carbocycles. The molecule has 0 unspecified atom stereocenters. The van der Waals surface area contributed by atoms with Crippen LogP contribution in [0.25, 0.3) is 0 Å². The fraction of sp³-hybridized carbons (Fsp3) is 0.286. The number of ether oxygens (including phenoxy) is 1. The minimum absolute atomic E-state index is 0.0802. The van der Waals surface area contributed by atoms with Crippen molar-refractivity contribution in [3.05, 3.63) is 46.6 Å². The van der Waals surface area contributed by atoms with E-state index in [-0.39, 0.29) is 11.7 Å². The molecule has 0 atom stereocenters. The summed E-state index contributed by atoms with van der Waals surface area (Å²) in [6.45, 7) is 5.58. The van der Waals surface area contributed by atoms with Crippen molar-refractivity contribution in [3.63, 3.8) is 0 Å². The molecular weight excluding hydrogens is 267 g/mol. The molecule has 3 nitrogen and oxygen atoms in total. The maximum Gasteiger partial charge on any atom is 0.227 e. The third-order valence-corrected chi connectivity index (χ3v) is 3.04. The highest BCUT2D eigenvalue weighted by Crippen LogP contribution is 2.33. The van der Waals surface area contributed by atoms with Crippen molar-refractivity contribution in [2.45, 2.75) is 26.7 Å². The molecule has 0 aliphatic rings. The van der Waals surface area contributed by atoms with Gasteiger partial charge in [0.15, 0.2) is 11.6 Å². The number of nitrogens with zero attached hydrogens (tertiary/aromatic N) is 2. The average molecular weight is 281 g/mol. The molecule has 1 aromatic heterocycles. The zero-order valence-corrected chi connectivity index (χ0v) is 11.7. The largest absolute Gasteiger partial charge is 0.435 e. The molecule has 2 aromatic rings. The van der Waals surface area contributed by atoms with Crippen LogP contribution >= 0.6 is 11.6 Å². The molecular formula is C14H14ClFN2O. The molecule has 19 heavy (non-hydrogen) atoms. The summed E-state index contributed by atoms with van der Waals surface area (Å²) < 4.78 is 19.5. The van der Waals surface area contributed by atoms with E-state index in [1.54, 1.807) is 25.1 Å². The topological polar surface area (TPSA) is 35.0 Å². The van der Waals surface area contributed by atoms with Gasteiger partial charge < -0.3 is 4.74 Å². The lowest BCUT2D eigenvalue weighted by Gasteiger charge is -2.14. The Balaban J connectivity index is 2.44. The van der Waals surface area contributed by atoms with E-state index in [1.165, 1.54) is 6.33 Å². The summed E-state index contributed by atoms with van der Waals surface area (Å²) >= 11 is 6.04. The zero-order chi connectivity index (χ0) is 14.0. The summed E-state index contributed by atoms with van der Waals surface area (Å²) in [6.07, 6.45) is 1.30. The number of benzene rings is 1. The van der Waals surface area contributed by atoms with Crippen LogP contribution in [-0.4, -0.2) is 9.97 Å². The van der Waals surface area contributed by atoms with Crippen LogP contribution in [0.15, 0.2) is 24.5 Å². The third-order valence-electron chi connectivity index (χ3n) is 2.74. The summed E-state index contributed by atoms with van der Waals surface area (Å²) in [7, 11) is 0. The van der Waals surface area contributed by atoms with Gasteiger partial charge in [0.05, 0.1) is 5.56 Å². The highest BCUT2D eigenvalue weighted by Gasteiger charge is 2.17. The minimum atomic E-state index is -0.396. The van der Waals surface area contributed by atoms with E-state index in [4.69, 9.17) is 16.3 Å². The van der Waals surface area contributed by atoms with Gasteiger partial charge in [0.25, 0.3) is 0 Å². The Morgan fingerprint density at radius 2 is 2.00 bits per heavy atom. The lowest BCUT2D eigenvalue weighted by atomic mass is 10.1. The van der Waals surface area contributed by atoms with E-state index in [1.807, 2.05) is 13.8 Å². The maximum atomic E-state index is 13.9. The normalized spacial score (nSPS) is 10.8. The highest BCUT2D eigenvalue weighted by molar-refractivity contribution is 6.30. The first-order chi connectivity index (χ1) is 9.00. The Bertz CT molecular complexity index is 602. The molecule has 100 valence electrons. The predicted molar refractivity (Wildman–Crippen MR) is 72.3 cm³/mol. The van der Waals surface area contributed by atoms with Gasteiger partial charge in [-0.3, -0.25) is 0 Å². The molecule has 0 bridgehead atoms. The molecule has 1 heterocycles. The van der Waals surface area contributed by atoms with Gasteiger partial charge in [-0.15, -0.1) is 0 Å². The van der Waals surface area contributed by atoms with Gasteiger partial charge in [-0.1, -0.05) is 37.6 Å². The van der Waals surface area contributed by atoms with Gasteiger partial charge in [0, 0.05) is 0 Å². The monoisotopic (exact) mass is 280 g/mol. The molecule has 5 heteroatoms. The van der Waals surface area contributed by atoms with Crippen LogP contribution in [0.3, 0.4) is 0 Å². The molecule has 0 radical (unpaired) electrons. The second-order valence-electron chi connectivity index (χ2n) is 4.53. The van der Waals surface area contributed by atoms with Gasteiger partial charge in [0.2, 0.25) is 5.88 Å². The number of hydrogen-bond acceptors (Lipinski definition) is 3. The minimum Gasteiger partial charge on any atom is -0.435 e. The summed E-state index contributed by atoms with van der Waals surface area (Å²) in [5.41, 5.74) is 1.19. The van der Waals surface area contributed by atoms with E-state index in [0.29, 0.717) is 22.2 Å². The molecule has 0 fully saturated rings. The van der Waals surface area contributed by atoms with Crippen LogP contribution in [-0.2, 0) is 0 Å². The SMILES string of the molecule is Cc1cccc(Oc2ncnc(Cl)c2C(C)C)c1F. The quantitative estimate of drug-likeness (QED) is 0.777. The summed E-state index contributed by atoms with van der Waals surface area (Å²) in [5, 5.41) is 0.327. The predicted octanol–water partition coefficient (Wildman–Crippen LogP) is 4.49. The first kappa shape index (κ1) is 13.7. The second kappa shape index (κ2) is 5.53. The lowest BCUT2D eigenvalue weighted by molar-refractivity contribution is 0.417. The smallest absolute Gasteiger partial charge is 0.227 e. The third kappa shape index (κ3) is 2.84. The molecule has 0 aliphatic carbocycles. The van der Waals surface area contributed by atoms with Gasteiger partial charge in [-0.2, -0.15) is 0 Å². The Morgan fingerprint density at radius 3 is 2.68 bits per heavy atom. The maximum absolute atomic E-state index is 13.9. The Kier molecular flexibility index (Phi) is 4.00. The van der Waals surface area contributed by atoms with Crippen molar-refractivity contribution < 1.29 is 9.13 Å². The summed E-state index contributed by atoms with van der Waals surface area (Å²) in [5.74, 6) is 0.111. The molecule has 0 N–H and O–H groups in total. The first-order valence-electron chi connectivity index (χ1n) is 5.94. The number of aromatic nitrogens is 2. The lowest BCUT2D eigenvalue weighted by Crippen LogP contribution is -2.01. The van der Waals surface area contributed by atoms with E-state index in [9.17, 15) is 4.39 Å². The Hall–Kier alpha value is -1.68. The number of halogens is 2. The van der Waals surface area contributed by atoms with Crippen LogP contribution in [0.2, 0.25) is 5.15 Å². The standard InChI is InChI=1S/C14H14ClFN2O/c1-8(2)11-13(15)17-7-18-14(11)19-10-6-4-5-9(3)12(10)16/h4-8H,1-3H3.